The van der Waals surface area contributed by atoms with E-state index in [1.54, 1.807) is 6.08 Å². The van der Waals surface area contributed by atoms with E-state index in [4.69, 9.17) is 9.47 Å². The highest BCUT2D eigenvalue weighted by Crippen LogP contribution is 2.23. The highest BCUT2D eigenvalue weighted by atomic mass is 16.7. The van der Waals surface area contributed by atoms with Gasteiger partial charge in [0, 0.05) is 0 Å². The number of hydrogen-bond donors (Lipinski definition) is 5. The second kappa shape index (κ2) is 13.3. The van der Waals surface area contributed by atoms with Crippen molar-refractivity contribution in [2.24, 2.45) is 0 Å². The summed E-state index contributed by atoms with van der Waals surface area (Å²) in [4.78, 5) is 0. The van der Waals surface area contributed by atoms with E-state index < -0.39 is 49.5 Å². The molecule has 7 atom stereocenters. The van der Waals surface area contributed by atoms with Gasteiger partial charge >= 0.3 is 0 Å². The molecule has 0 aromatic carbocycles. The van der Waals surface area contributed by atoms with Crippen molar-refractivity contribution in [1.29, 1.82) is 0 Å². The zero-order valence-electron chi connectivity index (χ0n) is 15.6. The van der Waals surface area contributed by atoms with Crippen LogP contribution in [0.5, 0.6) is 0 Å². The van der Waals surface area contributed by atoms with Crippen LogP contribution in [-0.2, 0) is 9.47 Å². The minimum atomic E-state index is -1.54. The third kappa shape index (κ3) is 7.97. The monoisotopic (exact) mass is 392 g/mol. The van der Waals surface area contributed by atoms with Crippen LogP contribution in [0.25, 0.3) is 0 Å². The molecule has 1 aliphatic rings. The summed E-state index contributed by atoms with van der Waals surface area (Å²) in [5.41, 5.74) is 0. The Hall–Kier alpha value is -1.94. The summed E-state index contributed by atoms with van der Waals surface area (Å²) in [5.74, 6) is 10.2. The first-order valence-electron chi connectivity index (χ1n) is 8.99. The molecule has 154 valence electrons. The van der Waals surface area contributed by atoms with Gasteiger partial charge < -0.3 is 35.0 Å². The van der Waals surface area contributed by atoms with Gasteiger partial charge in [-0.1, -0.05) is 36.6 Å². The fourth-order valence-corrected chi connectivity index (χ4v) is 2.33. The van der Waals surface area contributed by atoms with Crippen molar-refractivity contribution >= 4 is 0 Å². The normalized spacial score (nSPS) is 29.1. The summed E-state index contributed by atoms with van der Waals surface area (Å²) in [6, 6.07) is 0. The number of hydrogen-bond acceptors (Lipinski definition) is 7. The zero-order chi connectivity index (χ0) is 20.9. The Bertz CT molecular complexity index is 635. The highest BCUT2D eigenvalue weighted by molar-refractivity contribution is 5.31. The maximum absolute atomic E-state index is 10.1. The van der Waals surface area contributed by atoms with Gasteiger partial charge in [0.05, 0.1) is 6.61 Å². The fraction of sp³-hybridized carbons (Fsp3) is 0.524. The van der Waals surface area contributed by atoms with E-state index in [9.17, 15) is 25.5 Å². The quantitative estimate of drug-likeness (QED) is 0.206. The Morgan fingerprint density at radius 2 is 1.75 bits per heavy atom. The lowest BCUT2D eigenvalue weighted by molar-refractivity contribution is -0.303. The Balaban J connectivity index is 2.87. The van der Waals surface area contributed by atoms with Crippen LogP contribution >= 0.6 is 0 Å². The number of rotatable bonds is 9. The molecule has 5 N–H and O–H groups in total. The summed E-state index contributed by atoms with van der Waals surface area (Å²) >= 11 is 0. The molecule has 0 spiro atoms. The molecule has 0 aliphatic carbocycles. The van der Waals surface area contributed by atoms with Crippen LogP contribution in [0.2, 0.25) is 0 Å². The number of unbranched alkanes of at least 4 members (excludes halogenated alkanes) is 2. The van der Waals surface area contributed by atoms with Crippen molar-refractivity contribution in [1.82, 2.24) is 0 Å². The van der Waals surface area contributed by atoms with Gasteiger partial charge in [-0.25, -0.2) is 0 Å². The standard InChI is InChI=1S/C21H28O7/c1-3-5-6-7-8-12-16(13-10-9-11-15(23)4-2)27-21-20(26)19(25)18(24)17(14-22)28-21/h3-4,8,12,15-26H,1-2,5-7,14H2/b12-8-/t15?,16?,17-,18-,19+,20-,21-/m1/s1. The third-order valence-corrected chi connectivity index (χ3v) is 3.94. The summed E-state index contributed by atoms with van der Waals surface area (Å²) in [7, 11) is 0. The Morgan fingerprint density at radius 1 is 1.04 bits per heavy atom. The second-order valence-corrected chi connectivity index (χ2v) is 6.12. The molecule has 1 aliphatic heterocycles. The molecule has 1 heterocycles. The van der Waals surface area contributed by atoms with Gasteiger partial charge in [0.2, 0.25) is 0 Å². The molecule has 0 aromatic heterocycles. The summed E-state index contributed by atoms with van der Waals surface area (Å²) in [6.07, 6.45) is 0.352. The van der Waals surface area contributed by atoms with Crippen molar-refractivity contribution in [2.75, 3.05) is 6.61 Å². The van der Waals surface area contributed by atoms with E-state index >= 15 is 0 Å². The van der Waals surface area contributed by atoms with Crippen LogP contribution in [0.1, 0.15) is 19.3 Å². The van der Waals surface area contributed by atoms with Crippen LogP contribution in [0.15, 0.2) is 37.5 Å². The predicted octanol–water partition coefficient (Wildman–Crippen LogP) is -0.362. The molecule has 2 unspecified atom stereocenters. The molecule has 1 saturated heterocycles. The molecular weight excluding hydrogens is 364 g/mol. The molecule has 0 saturated carbocycles. The maximum atomic E-state index is 10.1. The van der Waals surface area contributed by atoms with E-state index in [1.807, 2.05) is 12.2 Å². The van der Waals surface area contributed by atoms with Gasteiger partial charge in [-0.15, -0.1) is 6.58 Å². The summed E-state index contributed by atoms with van der Waals surface area (Å²) in [6.45, 7) is 6.50. The number of aliphatic hydroxyl groups is 5. The van der Waals surface area contributed by atoms with Crippen molar-refractivity contribution in [2.45, 2.75) is 62.2 Å². The fourth-order valence-electron chi connectivity index (χ4n) is 2.33. The van der Waals surface area contributed by atoms with E-state index in [-0.39, 0.29) is 0 Å². The maximum Gasteiger partial charge on any atom is 0.188 e. The van der Waals surface area contributed by atoms with Crippen LogP contribution in [0.3, 0.4) is 0 Å². The Labute approximate surface area is 165 Å². The summed E-state index contributed by atoms with van der Waals surface area (Å²) in [5, 5.41) is 48.4. The van der Waals surface area contributed by atoms with Gasteiger partial charge in [-0.3, -0.25) is 0 Å². The number of allylic oxidation sites excluding steroid dienone is 2. The second-order valence-electron chi connectivity index (χ2n) is 6.12. The summed E-state index contributed by atoms with van der Waals surface area (Å²) < 4.78 is 10.9. The smallest absolute Gasteiger partial charge is 0.188 e. The van der Waals surface area contributed by atoms with Gasteiger partial charge in [0.15, 0.2) is 6.29 Å². The van der Waals surface area contributed by atoms with Crippen LogP contribution in [-0.4, -0.2) is 75.1 Å². The van der Waals surface area contributed by atoms with E-state index in [0.29, 0.717) is 0 Å². The minimum absolute atomic E-state index is 0.552. The highest BCUT2D eigenvalue weighted by Gasteiger charge is 2.44. The lowest BCUT2D eigenvalue weighted by Crippen LogP contribution is -2.59. The molecular formula is C21H28O7. The van der Waals surface area contributed by atoms with Gasteiger partial charge in [0.25, 0.3) is 0 Å². The molecule has 0 aromatic rings. The Kier molecular flexibility index (Phi) is 11.4. The average molecular weight is 392 g/mol. The molecule has 0 radical (unpaired) electrons. The lowest BCUT2D eigenvalue weighted by atomic mass is 9.99. The predicted molar refractivity (Wildman–Crippen MR) is 104 cm³/mol. The van der Waals surface area contributed by atoms with Crippen LogP contribution in [0, 0.1) is 23.7 Å². The van der Waals surface area contributed by atoms with Crippen molar-refractivity contribution in [3.8, 4) is 23.7 Å². The minimum Gasteiger partial charge on any atom is -0.394 e. The van der Waals surface area contributed by atoms with Crippen LogP contribution < -0.4 is 0 Å². The Morgan fingerprint density at radius 3 is 2.39 bits per heavy atom. The van der Waals surface area contributed by atoms with E-state index in [1.165, 1.54) is 6.08 Å². The number of aliphatic hydroxyl groups excluding tert-OH is 5. The van der Waals surface area contributed by atoms with Gasteiger partial charge in [0.1, 0.15) is 36.6 Å². The number of ether oxygens (including phenoxy) is 2. The molecule has 1 fully saturated rings. The zero-order valence-corrected chi connectivity index (χ0v) is 15.6. The third-order valence-electron chi connectivity index (χ3n) is 3.94. The first-order valence-corrected chi connectivity index (χ1v) is 8.99. The van der Waals surface area contributed by atoms with Gasteiger partial charge in [-0.05, 0) is 37.2 Å². The molecule has 28 heavy (non-hydrogen) atoms. The van der Waals surface area contributed by atoms with Crippen molar-refractivity contribution < 1.29 is 35.0 Å². The average Bonchev–Trinajstić information content (AvgIpc) is 2.70. The molecule has 7 nitrogen and oxygen atoms in total. The first kappa shape index (κ1) is 24.1. The molecule has 0 amide bonds. The van der Waals surface area contributed by atoms with Gasteiger partial charge in [-0.2, -0.15) is 0 Å². The largest absolute Gasteiger partial charge is 0.394 e. The van der Waals surface area contributed by atoms with Crippen molar-refractivity contribution in [3.05, 3.63) is 37.5 Å². The lowest BCUT2D eigenvalue weighted by Gasteiger charge is -2.40. The van der Waals surface area contributed by atoms with E-state index in [0.717, 1.165) is 19.3 Å². The SMILES string of the molecule is C=CCCC/C=C\C(C#CC#CC(O)C=C)O[C@@H]1O[C@H](CO)[C@@H](O)[C@H](O)[C@H]1O. The molecule has 0 bridgehead atoms. The van der Waals surface area contributed by atoms with E-state index in [2.05, 4.69) is 36.8 Å². The molecule has 7 heteroatoms. The van der Waals surface area contributed by atoms with Crippen molar-refractivity contribution in [3.63, 3.8) is 0 Å². The van der Waals surface area contributed by atoms with Crippen LogP contribution in [0.4, 0.5) is 0 Å². The first-order chi connectivity index (χ1) is 13.4. The topological polar surface area (TPSA) is 120 Å². The molecule has 1 rings (SSSR count).